The number of hydrogen-bond acceptors (Lipinski definition) is 2. The van der Waals surface area contributed by atoms with Crippen molar-refractivity contribution in [2.75, 3.05) is 20.1 Å². The third-order valence-electron chi connectivity index (χ3n) is 2.36. The highest BCUT2D eigenvalue weighted by molar-refractivity contribution is 5.82. The molecule has 1 unspecified atom stereocenters. The number of carbonyl (C=O) groups is 1. The molecule has 0 aromatic heterocycles. The summed E-state index contributed by atoms with van der Waals surface area (Å²) in [6.07, 6.45) is 3.28. The monoisotopic (exact) mass is 170 g/mol. The Kier molecular flexibility index (Phi) is 3.53. The quantitative estimate of drug-likeness (QED) is 0.673. The second-order valence-corrected chi connectivity index (χ2v) is 3.41. The van der Waals surface area contributed by atoms with E-state index in [1.54, 1.807) is 0 Å². The number of piperazine rings is 1. The van der Waals surface area contributed by atoms with Gasteiger partial charge in [-0.3, -0.25) is 4.79 Å². The maximum absolute atomic E-state index is 11.5. The van der Waals surface area contributed by atoms with Crippen LogP contribution in [0.5, 0.6) is 0 Å². The first-order valence-corrected chi connectivity index (χ1v) is 4.74. The van der Waals surface area contributed by atoms with E-state index in [0.29, 0.717) is 0 Å². The maximum atomic E-state index is 11.5. The molecule has 1 fully saturated rings. The number of amides is 1. The first-order chi connectivity index (χ1) is 5.75. The Morgan fingerprint density at radius 2 is 2.42 bits per heavy atom. The Morgan fingerprint density at radius 3 is 3.08 bits per heavy atom. The zero-order valence-electron chi connectivity index (χ0n) is 7.97. The molecule has 1 rings (SSSR count). The topological polar surface area (TPSA) is 32.3 Å². The molecule has 3 nitrogen and oxygen atoms in total. The van der Waals surface area contributed by atoms with Crippen molar-refractivity contribution < 1.29 is 4.79 Å². The summed E-state index contributed by atoms with van der Waals surface area (Å²) in [6.45, 7) is 3.94. The molecule has 1 amide bonds. The summed E-state index contributed by atoms with van der Waals surface area (Å²) in [5.74, 6) is 0.259. The van der Waals surface area contributed by atoms with Crippen LogP contribution in [0, 0.1) is 0 Å². The molecule has 0 aliphatic carbocycles. The second kappa shape index (κ2) is 4.45. The van der Waals surface area contributed by atoms with Crippen molar-refractivity contribution in [3.63, 3.8) is 0 Å². The summed E-state index contributed by atoms with van der Waals surface area (Å²) in [7, 11) is 1.88. The van der Waals surface area contributed by atoms with Gasteiger partial charge in [-0.25, -0.2) is 0 Å². The van der Waals surface area contributed by atoms with Gasteiger partial charge in [0.15, 0.2) is 0 Å². The molecular formula is C9H18N2O. The third kappa shape index (κ3) is 2.21. The van der Waals surface area contributed by atoms with E-state index in [9.17, 15) is 4.79 Å². The van der Waals surface area contributed by atoms with E-state index in [0.717, 1.165) is 32.4 Å². The van der Waals surface area contributed by atoms with Gasteiger partial charge in [0.1, 0.15) is 0 Å². The lowest BCUT2D eigenvalue weighted by atomic mass is 10.1. The number of nitrogens with zero attached hydrogens (tertiary/aromatic N) is 1. The zero-order chi connectivity index (χ0) is 8.97. The minimum atomic E-state index is 0.0868. The molecule has 0 spiro atoms. The van der Waals surface area contributed by atoms with E-state index in [2.05, 4.69) is 12.2 Å². The van der Waals surface area contributed by atoms with Crippen molar-refractivity contribution in [1.82, 2.24) is 10.2 Å². The number of carbonyl (C=O) groups excluding carboxylic acids is 1. The zero-order valence-corrected chi connectivity index (χ0v) is 7.97. The summed E-state index contributed by atoms with van der Waals surface area (Å²) in [6, 6.07) is 0.0868. The molecule has 0 aromatic carbocycles. The molecule has 1 saturated heterocycles. The molecule has 1 aliphatic heterocycles. The minimum absolute atomic E-state index is 0.0868. The lowest BCUT2D eigenvalue weighted by Crippen LogP contribution is -2.53. The van der Waals surface area contributed by atoms with Gasteiger partial charge in [0.05, 0.1) is 6.04 Å². The molecule has 0 aromatic rings. The van der Waals surface area contributed by atoms with E-state index in [1.165, 1.54) is 0 Å². The standard InChI is InChI=1S/C9H18N2O/c1-3-4-5-8-9(12)11(2)7-6-10-8/h8,10H,3-7H2,1-2H3. The van der Waals surface area contributed by atoms with Crippen LogP contribution in [0.3, 0.4) is 0 Å². The highest BCUT2D eigenvalue weighted by atomic mass is 16.2. The Hall–Kier alpha value is -0.570. The van der Waals surface area contributed by atoms with Gasteiger partial charge in [0.25, 0.3) is 0 Å². The van der Waals surface area contributed by atoms with Crippen LogP contribution in [0.1, 0.15) is 26.2 Å². The molecule has 70 valence electrons. The first-order valence-electron chi connectivity index (χ1n) is 4.74. The normalized spacial score (nSPS) is 24.7. The van der Waals surface area contributed by atoms with Crippen molar-refractivity contribution in [2.24, 2.45) is 0 Å². The molecule has 1 heterocycles. The second-order valence-electron chi connectivity index (χ2n) is 3.41. The number of unbranched alkanes of at least 4 members (excludes halogenated alkanes) is 1. The smallest absolute Gasteiger partial charge is 0.239 e. The predicted molar refractivity (Wildman–Crippen MR) is 49.0 cm³/mol. The Morgan fingerprint density at radius 1 is 1.67 bits per heavy atom. The summed E-state index contributed by atoms with van der Waals surface area (Å²) < 4.78 is 0. The van der Waals surface area contributed by atoms with Crippen molar-refractivity contribution >= 4 is 5.91 Å². The first kappa shape index (κ1) is 9.52. The van der Waals surface area contributed by atoms with Crippen LogP contribution in [-0.2, 0) is 4.79 Å². The van der Waals surface area contributed by atoms with Crippen molar-refractivity contribution in [2.45, 2.75) is 32.2 Å². The Labute approximate surface area is 74.1 Å². The third-order valence-corrected chi connectivity index (χ3v) is 2.36. The molecule has 1 aliphatic rings. The molecule has 0 radical (unpaired) electrons. The van der Waals surface area contributed by atoms with E-state index < -0.39 is 0 Å². The fraction of sp³-hybridized carbons (Fsp3) is 0.889. The predicted octanol–water partition coefficient (Wildman–Crippen LogP) is 0.607. The Balaban J connectivity index is 2.36. The van der Waals surface area contributed by atoms with E-state index in [-0.39, 0.29) is 11.9 Å². The van der Waals surface area contributed by atoms with E-state index in [1.807, 2.05) is 11.9 Å². The van der Waals surface area contributed by atoms with Gasteiger partial charge in [-0.05, 0) is 6.42 Å². The molecule has 1 atom stereocenters. The van der Waals surface area contributed by atoms with E-state index in [4.69, 9.17) is 0 Å². The molecule has 0 saturated carbocycles. The Bertz CT molecular complexity index is 159. The summed E-state index contributed by atoms with van der Waals surface area (Å²) in [5.41, 5.74) is 0. The van der Waals surface area contributed by atoms with Crippen LogP contribution in [0.2, 0.25) is 0 Å². The van der Waals surface area contributed by atoms with Crippen LogP contribution in [0.15, 0.2) is 0 Å². The lowest BCUT2D eigenvalue weighted by Gasteiger charge is -2.30. The van der Waals surface area contributed by atoms with Crippen molar-refractivity contribution in [1.29, 1.82) is 0 Å². The van der Waals surface area contributed by atoms with Crippen LogP contribution in [0.25, 0.3) is 0 Å². The van der Waals surface area contributed by atoms with Gasteiger partial charge in [0, 0.05) is 20.1 Å². The minimum Gasteiger partial charge on any atom is -0.343 e. The summed E-state index contributed by atoms with van der Waals surface area (Å²) >= 11 is 0. The fourth-order valence-corrected chi connectivity index (χ4v) is 1.50. The van der Waals surface area contributed by atoms with Crippen LogP contribution in [-0.4, -0.2) is 37.0 Å². The fourth-order valence-electron chi connectivity index (χ4n) is 1.50. The summed E-state index contributed by atoms with van der Waals surface area (Å²) in [5, 5.41) is 3.24. The average Bonchev–Trinajstić information content (AvgIpc) is 2.08. The lowest BCUT2D eigenvalue weighted by molar-refractivity contribution is -0.134. The van der Waals surface area contributed by atoms with Gasteiger partial charge in [-0.15, -0.1) is 0 Å². The summed E-state index contributed by atoms with van der Waals surface area (Å²) in [4.78, 5) is 13.3. The number of nitrogens with one attached hydrogen (secondary N) is 1. The SMILES string of the molecule is CCCCC1NCCN(C)C1=O. The van der Waals surface area contributed by atoms with Crippen LogP contribution >= 0.6 is 0 Å². The van der Waals surface area contributed by atoms with Crippen LogP contribution in [0.4, 0.5) is 0 Å². The van der Waals surface area contributed by atoms with Crippen molar-refractivity contribution in [3.05, 3.63) is 0 Å². The van der Waals surface area contributed by atoms with Gasteiger partial charge in [0.2, 0.25) is 5.91 Å². The van der Waals surface area contributed by atoms with Crippen LogP contribution < -0.4 is 5.32 Å². The molecule has 0 bridgehead atoms. The molecule has 12 heavy (non-hydrogen) atoms. The molecule has 3 heteroatoms. The van der Waals surface area contributed by atoms with E-state index >= 15 is 0 Å². The highest BCUT2D eigenvalue weighted by Crippen LogP contribution is 2.06. The highest BCUT2D eigenvalue weighted by Gasteiger charge is 2.24. The molecular weight excluding hydrogens is 152 g/mol. The van der Waals surface area contributed by atoms with Gasteiger partial charge >= 0.3 is 0 Å². The molecule has 1 N–H and O–H groups in total. The number of rotatable bonds is 3. The van der Waals surface area contributed by atoms with Crippen molar-refractivity contribution in [3.8, 4) is 0 Å². The van der Waals surface area contributed by atoms with Gasteiger partial charge in [-0.2, -0.15) is 0 Å². The van der Waals surface area contributed by atoms with Gasteiger partial charge in [-0.1, -0.05) is 19.8 Å². The number of likely N-dealkylation sites (N-methyl/N-ethyl adjacent to an activating group) is 1. The average molecular weight is 170 g/mol. The maximum Gasteiger partial charge on any atom is 0.239 e. The van der Waals surface area contributed by atoms with Gasteiger partial charge < -0.3 is 10.2 Å². The number of hydrogen-bond donors (Lipinski definition) is 1. The largest absolute Gasteiger partial charge is 0.343 e.